The van der Waals surface area contributed by atoms with Crippen LogP contribution < -0.4 is 0 Å². The molecule has 0 unspecified atom stereocenters. The highest BCUT2D eigenvalue weighted by Crippen LogP contribution is 2.25. The van der Waals surface area contributed by atoms with E-state index in [1.165, 1.54) is 5.56 Å². The van der Waals surface area contributed by atoms with Crippen LogP contribution in [0.2, 0.25) is 0 Å². The van der Waals surface area contributed by atoms with Gasteiger partial charge in [0, 0.05) is 23.5 Å². The Hall–Kier alpha value is -1.58. The molecule has 0 bridgehead atoms. The maximum atomic E-state index is 4.19. The van der Waals surface area contributed by atoms with Crippen molar-refractivity contribution in [1.82, 2.24) is 20.4 Å². The molecular formula is C9H12N4. The lowest BCUT2D eigenvalue weighted by molar-refractivity contribution is 0.870. The van der Waals surface area contributed by atoms with Crippen LogP contribution in [0, 0.1) is 0 Å². The Morgan fingerprint density at radius 3 is 2.69 bits per heavy atom. The van der Waals surface area contributed by atoms with Gasteiger partial charge >= 0.3 is 0 Å². The molecule has 0 radical (unpaired) electrons. The van der Waals surface area contributed by atoms with Gasteiger partial charge in [-0.3, -0.25) is 10.2 Å². The first-order valence-electron chi connectivity index (χ1n) is 4.32. The molecule has 2 aromatic heterocycles. The van der Waals surface area contributed by atoms with E-state index in [0.717, 1.165) is 11.3 Å². The molecule has 0 aliphatic carbocycles. The van der Waals surface area contributed by atoms with Gasteiger partial charge in [-0.15, -0.1) is 0 Å². The number of nitrogens with one attached hydrogen (secondary N) is 2. The van der Waals surface area contributed by atoms with Crippen molar-refractivity contribution in [3.8, 4) is 11.3 Å². The summed E-state index contributed by atoms with van der Waals surface area (Å²) in [6, 6.07) is 0. The van der Waals surface area contributed by atoms with Gasteiger partial charge in [0.1, 0.15) is 0 Å². The summed E-state index contributed by atoms with van der Waals surface area (Å²) in [6.45, 7) is 4.29. The van der Waals surface area contributed by atoms with Gasteiger partial charge in [-0.25, -0.2) is 0 Å². The fourth-order valence-electron chi connectivity index (χ4n) is 1.35. The van der Waals surface area contributed by atoms with E-state index in [4.69, 9.17) is 0 Å². The molecule has 68 valence electrons. The molecule has 0 amide bonds. The van der Waals surface area contributed by atoms with Gasteiger partial charge in [0.25, 0.3) is 0 Å². The third-order valence-electron chi connectivity index (χ3n) is 2.06. The second kappa shape index (κ2) is 3.05. The van der Waals surface area contributed by atoms with Crippen LogP contribution in [0.5, 0.6) is 0 Å². The lowest BCUT2D eigenvalue weighted by Gasteiger charge is -2.02. The second-order valence-electron chi connectivity index (χ2n) is 3.33. The predicted molar refractivity (Wildman–Crippen MR) is 50.3 cm³/mol. The molecular weight excluding hydrogens is 164 g/mol. The minimum absolute atomic E-state index is 0.476. The van der Waals surface area contributed by atoms with Gasteiger partial charge in [0.15, 0.2) is 0 Å². The summed E-state index contributed by atoms with van der Waals surface area (Å²) in [7, 11) is 0. The van der Waals surface area contributed by atoms with Crippen molar-refractivity contribution in [2.75, 3.05) is 0 Å². The quantitative estimate of drug-likeness (QED) is 0.734. The van der Waals surface area contributed by atoms with Crippen molar-refractivity contribution in [2.24, 2.45) is 0 Å². The molecule has 2 aromatic rings. The van der Waals surface area contributed by atoms with Crippen LogP contribution in [-0.2, 0) is 0 Å². The molecule has 0 spiro atoms. The topological polar surface area (TPSA) is 57.4 Å². The van der Waals surface area contributed by atoms with E-state index >= 15 is 0 Å². The van der Waals surface area contributed by atoms with Gasteiger partial charge < -0.3 is 0 Å². The lowest BCUT2D eigenvalue weighted by atomic mass is 10.0. The molecule has 2 heterocycles. The SMILES string of the molecule is CC(C)c1c[nH]nc1-c1cn[nH]c1. The molecule has 4 nitrogen and oxygen atoms in total. The second-order valence-corrected chi connectivity index (χ2v) is 3.33. The highest BCUT2D eigenvalue weighted by Gasteiger charge is 2.11. The molecule has 0 saturated carbocycles. The van der Waals surface area contributed by atoms with E-state index in [-0.39, 0.29) is 0 Å². The number of hydrogen-bond acceptors (Lipinski definition) is 2. The fourth-order valence-corrected chi connectivity index (χ4v) is 1.35. The monoisotopic (exact) mass is 176 g/mol. The molecule has 0 fully saturated rings. The Bertz CT molecular complexity index is 372. The first-order valence-corrected chi connectivity index (χ1v) is 4.32. The smallest absolute Gasteiger partial charge is 0.0986 e. The van der Waals surface area contributed by atoms with Crippen LogP contribution in [-0.4, -0.2) is 20.4 Å². The number of H-pyrrole nitrogens is 2. The molecule has 13 heavy (non-hydrogen) atoms. The van der Waals surface area contributed by atoms with Crippen molar-refractivity contribution in [1.29, 1.82) is 0 Å². The number of hydrogen-bond donors (Lipinski definition) is 2. The number of aromatic amines is 2. The van der Waals surface area contributed by atoms with E-state index < -0.39 is 0 Å². The molecule has 0 aliphatic rings. The van der Waals surface area contributed by atoms with Crippen LogP contribution in [0.15, 0.2) is 18.6 Å². The average molecular weight is 176 g/mol. The molecule has 4 heteroatoms. The summed E-state index contributed by atoms with van der Waals surface area (Å²) in [5, 5.41) is 13.8. The van der Waals surface area contributed by atoms with Crippen molar-refractivity contribution in [3.63, 3.8) is 0 Å². The number of aromatic nitrogens is 4. The maximum Gasteiger partial charge on any atom is 0.0986 e. The van der Waals surface area contributed by atoms with Gasteiger partial charge in [-0.05, 0) is 5.92 Å². The van der Waals surface area contributed by atoms with E-state index in [1.807, 2.05) is 12.4 Å². The summed E-state index contributed by atoms with van der Waals surface area (Å²) in [6.07, 6.45) is 5.57. The summed E-state index contributed by atoms with van der Waals surface area (Å²) >= 11 is 0. The minimum atomic E-state index is 0.476. The summed E-state index contributed by atoms with van der Waals surface area (Å²) in [5.74, 6) is 0.476. The molecule has 2 rings (SSSR count). The van der Waals surface area contributed by atoms with Crippen LogP contribution in [0.1, 0.15) is 25.3 Å². The first-order chi connectivity index (χ1) is 6.29. The largest absolute Gasteiger partial charge is 0.285 e. The van der Waals surface area contributed by atoms with Crippen molar-refractivity contribution >= 4 is 0 Å². The van der Waals surface area contributed by atoms with Gasteiger partial charge in [0.2, 0.25) is 0 Å². The Labute approximate surface area is 76.4 Å². The molecule has 0 saturated heterocycles. The lowest BCUT2D eigenvalue weighted by Crippen LogP contribution is -1.87. The average Bonchev–Trinajstić information content (AvgIpc) is 2.74. The van der Waals surface area contributed by atoms with Crippen LogP contribution >= 0.6 is 0 Å². The molecule has 0 aromatic carbocycles. The zero-order valence-corrected chi connectivity index (χ0v) is 7.70. The van der Waals surface area contributed by atoms with E-state index in [1.54, 1.807) is 6.20 Å². The molecule has 0 aliphatic heterocycles. The number of rotatable bonds is 2. The first kappa shape index (κ1) is 8.04. The van der Waals surface area contributed by atoms with Gasteiger partial charge in [-0.2, -0.15) is 10.2 Å². The Kier molecular flexibility index (Phi) is 1.88. The third-order valence-corrected chi connectivity index (χ3v) is 2.06. The van der Waals surface area contributed by atoms with E-state index in [0.29, 0.717) is 5.92 Å². The van der Waals surface area contributed by atoms with Gasteiger partial charge in [-0.1, -0.05) is 13.8 Å². The highest BCUT2D eigenvalue weighted by molar-refractivity contribution is 5.61. The Morgan fingerprint density at radius 2 is 2.08 bits per heavy atom. The zero-order valence-electron chi connectivity index (χ0n) is 7.70. The van der Waals surface area contributed by atoms with Crippen LogP contribution in [0.4, 0.5) is 0 Å². The van der Waals surface area contributed by atoms with Crippen molar-refractivity contribution in [3.05, 3.63) is 24.2 Å². The van der Waals surface area contributed by atoms with Crippen LogP contribution in [0.25, 0.3) is 11.3 Å². The van der Waals surface area contributed by atoms with Crippen LogP contribution in [0.3, 0.4) is 0 Å². The standard InChI is InChI=1S/C9H12N4/c1-6(2)8-5-12-13-9(8)7-3-10-11-4-7/h3-6H,1-2H3,(H,10,11)(H,12,13). The Balaban J connectivity index is 2.46. The van der Waals surface area contributed by atoms with Gasteiger partial charge in [0.05, 0.1) is 11.9 Å². The highest BCUT2D eigenvalue weighted by atomic mass is 15.1. The summed E-state index contributed by atoms with van der Waals surface area (Å²) in [4.78, 5) is 0. The van der Waals surface area contributed by atoms with E-state index in [2.05, 4.69) is 34.2 Å². The summed E-state index contributed by atoms with van der Waals surface area (Å²) in [5.41, 5.74) is 3.25. The minimum Gasteiger partial charge on any atom is -0.285 e. The fraction of sp³-hybridized carbons (Fsp3) is 0.333. The Morgan fingerprint density at radius 1 is 1.23 bits per heavy atom. The van der Waals surface area contributed by atoms with Crippen molar-refractivity contribution < 1.29 is 0 Å². The molecule has 2 N–H and O–H groups in total. The zero-order chi connectivity index (χ0) is 9.26. The normalized spacial score (nSPS) is 11.0. The summed E-state index contributed by atoms with van der Waals surface area (Å²) < 4.78 is 0. The molecule has 0 atom stereocenters. The van der Waals surface area contributed by atoms with Crippen molar-refractivity contribution in [2.45, 2.75) is 19.8 Å². The predicted octanol–water partition coefficient (Wildman–Crippen LogP) is 1.92. The third kappa shape index (κ3) is 1.35. The maximum absolute atomic E-state index is 4.19. The van der Waals surface area contributed by atoms with E-state index in [9.17, 15) is 0 Å². The number of nitrogens with zero attached hydrogens (tertiary/aromatic N) is 2.